The summed E-state index contributed by atoms with van der Waals surface area (Å²) < 4.78 is 15.5. The van der Waals surface area contributed by atoms with Crippen LogP contribution in [0.5, 0.6) is 0 Å². The molecule has 6 heteroatoms. The Morgan fingerprint density at radius 2 is 1.58 bits per heavy atom. The van der Waals surface area contributed by atoms with Gasteiger partial charge in [-0.15, -0.1) is 0 Å². The van der Waals surface area contributed by atoms with Gasteiger partial charge in [-0.1, -0.05) is 25.8 Å². The Morgan fingerprint density at radius 1 is 1.04 bits per heavy atom. The summed E-state index contributed by atoms with van der Waals surface area (Å²) >= 11 is 0. The molecule has 1 atom stereocenters. The largest absolute Gasteiger partial charge is 0.462 e. The lowest BCUT2D eigenvalue weighted by atomic mass is 9.98. The van der Waals surface area contributed by atoms with Crippen molar-refractivity contribution in [3.05, 3.63) is 12.2 Å². The van der Waals surface area contributed by atoms with Gasteiger partial charge in [-0.2, -0.15) is 0 Å². The topological polar surface area (TPSA) is 78.9 Å². The van der Waals surface area contributed by atoms with E-state index in [0.717, 1.165) is 38.5 Å². The van der Waals surface area contributed by atoms with E-state index in [4.69, 9.17) is 14.2 Å². The minimum atomic E-state index is -0.813. The first kappa shape index (κ1) is 22.2. The van der Waals surface area contributed by atoms with Crippen LogP contribution in [-0.2, 0) is 28.6 Å². The quantitative estimate of drug-likeness (QED) is 0.404. The van der Waals surface area contributed by atoms with E-state index in [9.17, 15) is 14.4 Å². The third-order valence-electron chi connectivity index (χ3n) is 4.21. The minimum Gasteiger partial charge on any atom is -0.462 e. The van der Waals surface area contributed by atoms with Gasteiger partial charge in [0.25, 0.3) is 0 Å². The zero-order chi connectivity index (χ0) is 19.7. The van der Waals surface area contributed by atoms with Crippen molar-refractivity contribution in [2.24, 2.45) is 5.92 Å². The van der Waals surface area contributed by atoms with Crippen LogP contribution in [0.3, 0.4) is 0 Å². The van der Waals surface area contributed by atoms with E-state index in [1.165, 1.54) is 6.42 Å². The fourth-order valence-corrected chi connectivity index (χ4v) is 2.71. The second kappa shape index (κ2) is 10.3. The van der Waals surface area contributed by atoms with Crippen LogP contribution in [0.1, 0.15) is 72.6 Å². The standard InChI is InChI=1S/C20H32O6/c1-14(18(22)24-13-17(21)26-20(3,4)5)15(2)19(23)25-16-11-9-7-6-8-10-12-16/h15-16H,1,6-13H2,2-5H3. The molecule has 0 aromatic rings. The SMILES string of the molecule is C=C(C(=O)OCC(=O)OC(C)(C)C)C(C)C(=O)OC1CCCCCCC1. The summed E-state index contributed by atoms with van der Waals surface area (Å²) in [4.78, 5) is 35.9. The first-order chi connectivity index (χ1) is 12.1. The van der Waals surface area contributed by atoms with Gasteiger partial charge in [0.15, 0.2) is 6.61 Å². The summed E-state index contributed by atoms with van der Waals surface area (Å²) in [5.41, 5.74) is -0.681. The second-order valence-corrected chi connectivity index (χ2v) is 7.81. The molecular weight excluding hydrogens is 336 g/mol. The van der Waals surface area contributed by atoms with Crippen molar-refractivity contribution in [3.8, 4) is 0 Å². The predicted molar refractivity (Wildman–Crippen MR) is 97.3 cm³/mol. The Morgan fingerprint density at radius 3 is 2.12 bits per heavy atom. The van der Waals surface area contributed by atoms with Crippen molar-refractivity contribution in [1.29, 1.82) is 0 Å². The zero-order valence-corrected chi connectivity index (χ0v) is 16.5. The first-order valence-corrected chi connectivity index (χ1v) is 9.38. The summed E-state index contributed by atoms with van der Waals surface area (Å²) in [6, 6.07) is 0. The molecule has 148 valence electrons. The van der Waals surface area contributed by atoms with Crippen molar-refractivity contribution in [2.75, 3.05) is 6.61 Å². The van der Waals surface area contributed by atoms with Crippen LogP contribution in [-0.4, -0.2) is 36.2 Å². The Hall–Kier alpha value is -1.85. The summed E-state index contributed by atoms with van der Waals surface area (Å²) in [7, 11) is 0. The summed E-state index contributed by atoms with van der Waals surface area (Å²) in [5, 5.41) is 0. The highest BCUT2D eigenvalue weighted by Crippen LogP contribution is 2.22. The van der Waals surface area contributed by atoms with Crippen LogP contribution < -0.4 is 0 Å². The number of carbonyl (C=O) groups is 3. The van der Waals surface area contributed by atoms with Gasteiger partial charge >= 0.3 is 17.9 Å². The number of ether oxygens (including phenoxy) is 3. The third-order valence-corrected chi connectivity index (χ3v) is 4.21. The fraction of sp³-hybridized carbons (Fsp3) is 0.750. The Balaban J connectivity index is 2.44. The molecule has 1 aliphatic rings. The van der Waals surface area contributed by atoms with Crippen molar-refractivity contribution < 1.29 is 28.6 Å². The number of hydrogen-bond donors (Lipinski definition) is 0. The molecule has 0 N–H and O–H groups in total. The third kappa shape index (κ3) is 8.50. The van der Waals surface area contributed by atoms with E-state index in [2.05, 4.69) is 6.58 Å². The van der Waals surface area contributed by atoms with Gasteiger partial charge in [-0.05, 0) is 53.4 Å². The molecule has 1 fully saturated rings. The zero-order valence-electron chi connectivity index (χ0n) is 16.5. The molecular formula is C20H32O6. The lowest BCUT2D eigenvalue weighted by Crippen LogP contribution is -2.29. The number of rotatable bonds is 6. The molecule has 0 bridgehead atoms. The minimum absolute atomic E-state index is 0.0237. The van der Waals surface area contributed by atoms with E-state index >= 15 is 0 Å². The van der Waals surface area contributed by atoms with Crippen molar-refractivity contribution in [3.63, 3.8) is 0 Å². The van der Waals surface area contributed by atoms with Crippen LogP contribution in [0.25, 0.3) is 0 Å². The Kier molecular flexibility index (Phi) is 8.82. The van der Waals surface area contributed by atoms with Crippen LogP contribution in [0, 0.1) is 5.92 Å². The smallest absolute Gasteiger partial charge is 0.344 e. The van der Waals surface area contributed by atoms with Crippen molar-refractivity contribution >= 4 is 17.9 Å². The molecule has 1 unspecified atom stereocenters. The van der Waals surface area contributed by atoms with Crippen LogP contribution in [0.2, 0.25) is 0 Å². The highest BCUT2D eigenvalue weighted by Gasteiger charge is 2.27. The van der Waals surface area contributed by atoms with Gasteiger partial charge in [0, 0.05) is 5.57 Å². The van der Waals surface area contributed by atoms with Gasteiger partial charge < -0.3 is 14.2 Å². The van der Waals surface area contributed by atoms with Crippen molar-refractivity contribution in [2.45, 2.75) is 84.3 Å². The molecule has 0 amide bonds. The maximum absolute atomic E-state index is 12.3. The van der Waals surface area contributed by atoms with E-state index in [-0.39, 0.29) is 11.7 Å². The second-order valence-electron chi connectivity index (χ2n) is 7.81. The van der Waals surface area contributed by atoms with Gasteiger partial charge in [0.1, 0.15) is 11.7 Å². The molecule has 0 aromatic carbocycles. The molecule has 0 aromatic heterocycles. The average molecular weight is 368 g/mol. The normalized spacial score (nSPS) is 17.4. The van der Waals surface area contributed by atoms with E-state index < -0.39 is 36.0 Å². The maximum atomic E-state index is 12.3. The monoisotopic (exact) mass is 368 g/mol. The maximum Gasteiger partial charge on any atom is 0.344 e. The van der Waals surface area contributed by atoms with E-state index in [1.807, 2.05) is 0 Å². The van der Waals surface area contributed by atoms with Gasteiger partial charge in [-0.3, -0.25) is 4.79 Å². The number of carbonyl (C=O) groups excluding carboxylic acids is 3. The molecule has 0 spiro atoms. The van der Waals surface area contributed by atoms with Crippen LogP contribution in [0.4, 0.5) is 0 Å². The highest BCUT2D eigenvalue weighted by atomic mass is 16.6. The molecule has 1 aliphatic carbocycles. The summed E-state index contributed by atoms with van der Waals surface area (Å²) in [6.45, 7) is 9.84. The molecule has 0 aliphatic heterocycles. The van der Waals surface area contributed by atoms with Crippen molar-refractivity contribution in [1.82, 2.24) is 0 Å². The molecule has 0 heterocycles. The lowest BCUT2D eigenvalue weighted by molar-refractivity contribution is -0.165. The van der Waals surface area contributed by atoms with Gasteiger partial charge in [-0.25, -0.2) is 9.59 Å². The fourth-order valence-electron chi connectivity index (χ4n) is 2.71. The molecule has 1 saturated carbocycles. The van der Waals surface area contributed by atoms with E-state index in [1.54, 1.807) is 27.7 Å². The molecule has 6 nitrogen and oxygen atoms in total. The average Bonchev–Trinajstić information content (AvgIpc) is 2.51. The van der Waals surface area contributed by atoms with Gasteiger partial charge in [0.2, 0.25) is 0 Å². The number of esters is 3. The number of hydrogen-bond acceptors (Lipinski definition) is 6. The summed E-state index contributed by atoms with van der Waals surface area (Å²) in [6.07, 6.45) is 7.26. The first-order valence-electron chi connectivity index (χ1n) is 9.38. The van der Waals surface area contributed by atoms with Gasteiger partial charge in [0.05, 0.1) is 5.92 Å². The van der Waals surface area contributed by atoms with Crippen LogP contribution in [0.15, 0.2) is 12.2 Å². The highest BCUT2D eigenvalue weighted by molar-refractivity contribution is 5.95. The van der Waals surface area contributed by atoms with E-state index in [0.29, 0.717) is 0 Å². The van der Waals surface area contributed by atoms with Crippen LogP contribution >= 0.6 is 0 Å². The Labute approximate surface area is 156 Å². The summed E-state index contributed by atoms with van der Waals surface area (Å²) in [5.74, 6) is -2.73. The Bertz CT molecular complexity index is 509. The lowest BCUT2D eigenvalue weighted by Gasteiger charge is -2.22. The molecule has 26 heavy (non-hydrogen) atoms. The predicted octanol–water partition coefficient (Wildman–Crippen LogP) is 3.72. The molecule has 0 radical (unpaired) electrons. The molecule has 1 rings (SSSR count). The molecule has 0 saturated heterocycles.